The second kappa shape index (κ2) is 7.19. The summed E-state index contributed by atoms with van der Waals surface area (Å²) < 4.78 is 25.4. The van der Waals surface area contributed by atoms with Crippen molar-refractivity contribution in [3.8, 4) is 0 Å². The molecule has 1 aliphatic carbocycles. The van der Waals surface area contributed by atoms with Gasteiger partial charge in [0.05, 0.1) is 11.9 Å². The van der Waals surface area contributed by atoms with Gasteiger partial charge in [0, 0.05) is 28.9 Å². The van der Waals surface area contributed by atoms with Crippen LogP contribution in [0.5, 0.6) is 0 Å². The van der Waals surface area contributed by atoms with Crippen molar-refractivity contribution in [2.45, 2.75) is 47.9 Å². The second-order valence-electron chi connectivity index (χ2n) is 7.62. The predicted molar refractivity (Wildman–Crippen MR) is 109 cm³/mol. The summed E-state index contributed by atoms with van der Waals surface area (Å²) in [6, 6.07) is 5.23. The molecule has 3 aliphatic rings. The summed E-state index contributed by atoms with van der Waals surface area (Å²) in [5, 5.41) is 3.64. The number of carbonyl (C=O) groups excluding carboxylic acids is 2. The first-order valence-corrected chi connectivity index (χ1v) is 12.4. The van der Waals surface area contributed by atoms with Gasteiger partial charge in [-0.3, -0.25) is 14.5 Å². The van der Waals surface area contributed by atoms with Gasteiger partial charge in [-0.2, -0.15) is 0 Å². The van der Waals surface area contributed by atoms with Gasteiger partial charge in [0.25, 0.3) is 5.91 Å². The zero-order chi connectivity index (χ0) is 20.1. The van der Waals surface area contributed by atoms with Gasteiger partial charge in [-0.25, -0.2) is 13.1 Å². The summed E-state index contributed by atoms with van der Waals surface area (Å²) in [5.74, 6) is -0.221. The number of hydrogen-bond donors (Lipinski definition) is 2. The lowest BCUT2D eigenvalue weighted by atomic mass is 10.0. The molecule has 4 rings (SSSR count). The van der Waals surface area contributed by atoms with E-state index in [0.717, 1.165) is 30.4 Å². The lowest BCUT2D eigenvalue weighted by Gasteiger charge is -2.32. The minimum Gasteiger partial charge on any atom is -0.350 e. The van der Waals surface area contributed by atoms with Crippen LogP contribution in [0.2, 0.25) is 5.02 Å². The van der Waals surface area contributed by atoms with E-state index >= 15 is 0 Å². The maximum Gasteiger partial charge on any atom is 0.257 e. The van der Waals surface area contributed by atoms with E-state index in [2.05, 4.69) is 10.0 Å². The summed E-state index contributed by atoms with van der Waals surface area (Å²) in [4.78, 5) is 27.4. The molecule has 3 atom stereocenters. The summed E-state index contributed by atoms with van der Waals surface area (Å²) in [6.45, 7) is 0.308. The number of sulfonamides is 1. The fourth-order valence-corrected chi connectivity index (χ4v) is 6.42. The Balaban J connectivity index is 1.54. The van der Waals surface area contributed by atoms with Crippen molar-refractivity contribution in [1.29, 1.82) is 0 Å². The Bertz CT molecular complexity index is 939. The molecular formula is C18H22ClN3O4S2. The Kier molecular flexibility index (Phi) is 5.14. The molecule has 2 N–H and O–H groups in total. The first-order valence-electron chi connectivity index (χ1n) is 9.27. The van der Waals surface area contributed by atoms with Crippen LogP contribution in [-0.2, 0) is 19.6 Å². The third-order valence-electron chi connectivity index (χ3n) is 5.67. The summed E-state index contributed by atoms with van der Waals surface area (Å²) >= 11 is 7.51. The molecule has 2 aliphatic heterocycles. The number of nitrogens with zero attached hydrogens (tertiary/aromatic N) is 1. The molecule has 2 fully saturated rings. The van der Waals surface area contributed by atoms with Crippen LogP contribution >= 0.6 is 23.4 Å². The summed E-state index contributed by atoms with van der Waals surface area (Å²) in [6.07, 6.45) is 4.47. The van der Waals surface area contributed by atoms with Crippen LogP contribution in [0.3, 0.4) is 0 Å². The molecule has 152 valence electrons. The fourth-order valence-electron chi connectivity index (χ4n) is 4.33. The SMILES string of the molecule is CS(=O)(=O)NCC1CCCC1NC(=O)C12CCC(=O)N1c1cc(Cl)ccc1S2. The molecule has 0 radical (unpaired) electrons. The Morgan fingerprint density at radius 1 is 1.39 bits per heavy atom. The molecule has 0 aromatic heterocycles. The molecule has 0 spiro atoms. The van der Waals surface area contributed by atoms with Crippen LogP contribution in [0.4, 0.5) is 5.69 Å². The number of nitrogens with one attached hydrogen (secondary N) is 2. The van der Waals surface area contributed by atoms with Gasteiger partial charge >= 0.3 is 0 Å². The molecule has 2 heterocycles. The van der Waals surface area contributed by atoms with Crippen LogP contribution in [0.25, 0.3) is 0 Å². The quantitative estimate of drug-likeness (QED) is 0.726. The van der Waals surface area contributed by atoms with Gasteiger partial charge in [-0.05, 0) is 43.4 Å². The minimum absolute atomic E-state index is 0.0452. The number of hydrogen-bond acceptors (Lipinski definition) is 5. The molecule has 1 aromatic carbocycles. The normalized spacial score (nSPS) is 29.1. The lowest BCUT2D eigenvalue weighted by Crippen LogP contribution is -2.55. The Hall–Kier alpha value is -1.29. The van der Waals surface area contributed by atoms with E-state index in [1.807, 2.05) is 6.07 Å². The van der Waals surface area contributed by atoms with Gasteiger partial charge in [-0.15, -0.1) is 0 Å². The van der Waals surface area contributed by atoms with Crippen molar-refractivity contribution < 1.29 is 18.0 Å². The van der Waals surface area contributed by atoms with Crippen LogP contribution < -0.4 is 14.9 Å². The monoisotopic (exact) mass is 443 g/mol. The first kappa shape index (κ1) is 20.0. The molecule has 3 unspecified atom stereocenters. The standard InChI is InChI=1S/C18H22ClN3O4S2/c1-28(25,26)20-10-11-3-2-4-13(11)21-17(24)18-8-7-16(23)22(18)14-9-12(19)5-6-15(14)27-18/h5-6,9,11,13,20H,2-4,7-8,10H2,1H3,(H,21,24). The Morgan fingerprint density at radius 2 is 2.18 bits per heavy atom. The van der Waals surface area contributed by atoms with Crippen molar-refractivity contribution in [1.82, 2.24) is 10.0 Å². The smallest absolute Gasteiger partial charge is 0.257 e. The summed E-state index contributed by atoms with van der Waals surface area (Å²) in [7, 11) is -3.27. The molecule has 1 saturated carbocycles. The van der Waals surface area contributed by atoms with Crippen molar-refractivity contribution in [3.63, 3.8) is 0 Å². The van der Waals surface area contributed by atoms with E-state index in [-0.39, 0.29) is 23.8 Å². The number of rotatable bonds is 5. The van der Waals surface area contributed by atoms with E-state index in [9.17, 15) is 18.0 Å². The van der Waals surface area contributed by atoms with Crippen molar-refractivity contribution >= 4 is 50.9 Å². The Morgan fingerprint density at radius 3 is 2.93 bits per heavy atom. The van der Waals surface area contributed by atoms with E-state index in [1.165, 1.54) is 11.8 Å². The van der Waals surface area contributed by atoms with Crippen LogP contribution in [-0.4, -0.2) is 43.9 Å². The van der Waals surface area contributed by atoms with E-state index in [0.29, 0.717) is 30.1 Å². The van der Waals surface area contributed by atoms with E-state index in [1.54, 1.807) is 17.0 Å². The van der Waals surface area contributed by atoms with Crippen molar-refractivity contribution in [2.24, 2.45) is 5.92 Å². The second-order valence-corrected chi connectivity index (χ2v) is 11.2. The van der Waals surface area contributed by atoms with E-state index in [4.69, 9.17) is 11.6 Å². The molecule has 1 aromatic rings. The van der Waals surface area contributed by atoms with Crippen molar-refractivity contribution in [3.05, 3.63) is 23.2 Å². The number of anilines is 1. The third kappa shape index (κ3) is 3.53. The van der Waals surface area contributed by atoms with Crippen LogP contribution in [0.1, 0.15) is 32.1 Å². The predicted octanol–water partition coefficient (Wildman–Crippen LogP) is 2.10. The van der Waals surface area contributed by atoms with Gasteiger partial charge in [0.15, 0.2) is 4.87 Å². The average molecular weight is 444 g/mol. The first-order chi connectivity index (χ1) is 13.2. The van der Waals surface area contributed by atoms with Gasteiger partial charge in [-0.1, -0.05) is 29.8 Å². The Labute approximate surface area is 173 Å². The lowest BCUT2D eigenvalue weighted by molar-refractivity contribution is -0.125. The average Bonchev–Trinajstić information content (AvgIpc) is 3.27. The third-order valence-corrected chi connectivity index (χ3v) is 8.07. The maximum atomic E-state index is 13.4. The molecule has 10 heteroatoms. The zero-order valence-corrected chi connectivity index (χ0v) is 17.8. The summed E-state index contributed by atoms with van der Waals surface area (Å²) in [5.41, 5.74) is 0.692. The van der Waals surface area contributed by atoms with Crippen molar-refractivity contribution in [2.75, 3.05) is 17.7 Å². The maximum absolute atomic E-state index is 13.4. The number of fused-ring (bicyclic) bond motifs is 3. The highest BCUT2D eigenvalue weighted by Crippen LogP contribution is 2.56. The number of amides is 2. The zero-order valence-electron chi connectivity index (χ0n) is 15.4. The highest BCUT2D eigenvalue weighted by atomic mass is 35.5. The molecule has 0 bridgehead atoms. The van der Waals surface area contributed by atoms with Crippen LogP contribution in [0.15, 0.2) is 23.1 Å². The fraction of sp³-hybridized carbons (Fsp3) is 0.556. The van der Waals surface area contributed by atoms with Gasteiger partial charge < -0.3 is 5.32 Å². The topological polar surface area (TPSA) is 95.6 Å². The van der Waals surface area contributed by atoms with Gasteiger partial charge in [0.1, 0.15) is 0 Å². The number of thioether (sulfide) groups is 1. The molecule has 1 saturated heterocycles. The number of halogens is 1. The van der Waals surface area contributed by atoms with E-state index < -0.39 is 14.9 Å². The highest BCUT2D eigenvalue weighted by molar-refractivity contribution is 8.02. The largest absolute Gasteiger partial charge is 0.350 e. The molecule has 7 nitrogen and oxygen atoms in total. The number of benzene rings is 1. The highest BCUT2D eigenvalue weighted by Gasteiger charge is 2.57. The number of carbonyl (C=O) groups is 2. The minimum atomic E-state index is -3.27. The molecule has 28 heavy (non-hydrogen) atoms. The van der Waals surface area contributed by atoms with Gasteiger partial charge in [0.2, 0.25) is 15.9 Å². The molecular weight excluding hydrogens is 422 g/mol. The van der Waals surface area contributed by atoms with Crippen LogP contribution in [0, 0.1) is 5.92 Å². The molecule has 2 amide bonds.